The summed E-state index contributed by atoms with van der Waals surface area (Å²) in [5.41, 5.74) is 5.74. The van der Waals surface area contributed by atoms with Crippen molar-refractivity contribution in [3.8, 4) is 22.8 Å². The number of hydrogen-bond donors (Lipinski definition) is 0. The smallest absolute Gasteiger partial charge is 0.497 e. The van der Waals surface area contributed by atoms with E-state index in [4.69, 9.17) is 9.72 Å². The number of pyridine rings is 2. The molecule has 0 aliphatic carbocycles. The molecule has 0 spiro atoms. The maximum Gasteiger partial charge on any atom is 2.00 e. The Labute approximate surface area is 238 Å². The van der Waals surface area contributed by atoms with Gasteiger partial charge in [0.25, 0.3) is 0 Å². The van der Waals surface area contributed by atoms with E-state index in [1.807, 2.05) is 60.8 Å². The van der Waals surface area contributed by atoms with Crippen molar-refractivity contribution in [1.82, 2.24) is 14.4 Å². The number of rotatable bonds is 3. The second-order valence-corrected chi connectivity index (χ2v) is 9.34. The number of fused-ring (bicyclic) bond motifs is 9. The molecule has 0 amide bonds. The summed E-state index contributed by atoms with van der Waals surface area (Å²) >= 11 is 0. The Balaban J connectivity index is 0.00000253. The monoisotopic (exact) mass is 680 g/mol. The van der Waals surface area contributed by atoms with Crippen LogP contribution in [-0.4, -0.2) is 14.4 Å². The Hall–Kier alpha value is -4.53. The molecule has 0 saturated heterocycles. The van der Waals surface area contributed by atoms with Crippen LogP contribution in [0.4, 0.5) is 0 Å². The van der Waals surface area contributed by atoms with E-state index in [0.717, 1.165) is 60.4 Å². The molecule has 0 N–H and O–H groups in total. The van der Waals surface area contributed by atoms with Crippen molar-refractivity contribution in [2.75, 3.05) is 0 Å². The first-order valence-corrected chi connectivity index (χ1v) is 12.5. The van der Waals surface area contributed by atoms with Crippen molar-refractivity contribution in [1.29, 1.82) is 0 Å². The van der Waals surface area contributed by atoms with Gasteiger partial charge in [-0.3, -0.25) is 4.98 Å². The molecule has 0 saturated carbocycles. The average Bonchev–Trinajstić information content (AvgIpc) is 3.37. The van der Waals surface area contributed by atoms with Crippen molar-refractivity contribution >= 4 is 49.1 Å². The topological polar surface area (TPSA) is 39.4 Å². The van der Waals surface area contributed by atoms with E-state index >= 15 is 0 Å². The number of aromatic nitrogens is 3. The third kappa shape index (κ3) is 3.88. The zero-order valence-corrected chi connectivity index (χ0v) is 22.8. The normalized spacial score (nSPS) is 11.4. The second kappa shape index (κ2) is 9.34. The number of nitrogens with zero attached hydrogens (tertiary/aromatic N) is 3. The molecule has 186 valence electrons. The van der Waals surface area contributed by atoms with Crippen LogP contribution < -0.4 is 4.74 Å². The molecule has 8 rings (SSSR count). The van der Waals surface area contributed by atoms with E-state index in [0.29, 0.717) is 11.5 Å². The molecule has 39 heavy (non-hydrogen) atoms. The third-order valence-corrected chi connectivity index (χ3v) is 7.03. The van der Waals surface area contributed by atoms with Crippen LogP contribution in [0.1, 0.15) is 0 Å². The molecule has 0 radical (unpaired) electrons. The van der Waals surface area contributed by atoms with Crippen LogP contribution in [0.15, 0.2) is 115 Å². The number of hydrogen-bond acceptors (Lipinski definition) is 3. The van der Waals surface area contributed by atoms with E-state index in [-0.39, 0.29) is 21.1 Å². The SMILES string of the molecule is [Pt+2].[c-]1c(Oc2[c-]c3c(cc2)c2ccccc2n2c4ccccc4nc32)cccc1-c1cc2ccccc2cn1. The maximum atomic E-state index is 6.30. The minimum absolute atomic E-state index is 0. The van der Waals surface area contributed by atoms with Gasteiger partial charge in [-0.15, -0.1) is 29.8 Å². The molecule has 5 aromatic carbocycles. The van der Waals surface area contributed by atoms with E-state index in [9.17, 15) is 0 Å². The van der Waals surface area contributed by atoms with E-state index in [1.54, 1.807) is 0 Å². The van der Waals surface area contributed by atoms with Crippen molar-refractivity contribution in [3.05, 3.63) is 128 Å². The van der Waals surface area contributed by atoms with Crippen LogP contribution in [-0.2, 0) is 21.1 Å². The fourth-order valence-electron chi connectivity index (χ4n) is 5.27. The Morgan fingerprint density at radius 2 is 1.41 bits per heavy atom. The predicted molar refractivity (Wildman–Crippen MR) is 153 cm³/mol. The van der Waals surface area contributed by atoms with Crippen LogP contribution in [0.2, 0.25) is 0 Å². The van der Waals surface area contributed by atoms with Gasteiger partial charge in [0.1, 0.15) is 0 Å². The number of para-hydroxylation sites is 3. The summed E-state index contributed by atoms with van der Waals surface area (Å²) < 4.78 is 8.51. The fourth-order valence-corrected chi connectivity index (χ4v) is 5.27. The molecule has 5 heteroatoms. The quantitative estimate of drug-likeness (QED) is 0.139. The Morgan fingerprint density at radius 3 is 2.33 bits per heavy atom. The van der Waals surface area contributed by atoms with Crippen LogP contribution in [0.25, 0.3) is 60.4 Å². The summed E-state index contributed by atoms with van der Waals surface area (Å²) in [6.07, 6.45) is 1.90. The predicted octanol–water partition coefficient (Wildman–Crippen LogP) is 8.40. The van der Waals surface area contributed by atoms with Gasteiger partial charge in [0.15, 0.2) is 0 Å². The summed E-state index contributed by atoms with van der Waals surface area (Å²) in [5, 5.41) is 5.42. The minimum atomic E-state index is 0. The van der Waals surface area contributed by atoms with Gasteiger partial charge in [0.2, 0.25) is 0 Å². The van der Waals surface area contributed by atoms with Crippen LogP contribution in [0, 0.1) is 12.1 Å². The summed E-state index contributed by atoms with van der Waals surface area (Å²) in [5.74, 6) is 1.22. The van der Waals surface area contributed by atoms with E-state index < -0.39 is 0 Å². The molecule has 0 aliphatic rings. The molecular weight excluding hydrogens is 661 g/mol. The number of benzene rings is 5. The Bertz CT molecular complexity index is 2180. The molecule has 3 heterocycles. The minimum Gasteiger partial charge on any atom is -0.497 e. The molecule has 0 bridgehead atoms. The van der Waals surface area contributed by atoms with Gasteiger partial charge in [-0.2, -0.15) is 0 Å². The Kier molecular flexibility index (Phi) is 5.64. The van der Waals surface area contributed by atoms with Crippen molar-refractivity contribution in [2.24, 2.45) is 0 Å². The van der Waals surface area contributed by atoms with Gasteiger partial charge in [0, 0.05) is 23.2 Å². The standard InChI is InChI=1S/C34H19N3O.Pt/c1-2-9-24-21-35-31(19-22(24)8-1)23-10-7-11-25(18-23)38-26-16-17-27-28-12-3-5-14-32(28)37-33-15-6-4-13-30(33)36-34(37)29(27)20-26;/h1-17,19,21H;/q-2;+2. The molecule has 4 nitrogen and oxygen atoms in total. The van der Waals surface area contributed by atoms with Gasteiger partial charge in [-0.05, 0) is 40.1 Å². The van der Waals surface area contributed by atoms with Crippen molar-refractivity contribution < 1.29 is 25.8 Å². The molecule has 0 aliphatic heterocycles. The summed E-state index contributed by atoms with van der Waals surface area (Å²) in [4.78, 5) is 9.62. The number of imidazole rings is 1. The molecule has 0 atom stereocenters. The van der Waals surface area contributed by atoms with Crippen LogP contribution >= 0.6 is 0 Å². The second-order valence-electron chi connectivity index (χ2n) is 9.34. The van der Waals surface area contributed by atoms with Gasteiger partial charge in [-0.1, -0.05) is 89.6 Å². The molecular formula is C34H19N3OPt. The fraction of sp³-hybridized carbons (Fsp3) is 0. The zero-order valence-electron chi connectivity index (χ0n) is 20.5. The van der Waals surface area contributed by atoms with Gasteiger partial charge < -0.3 is 14.1 Å². The van der Waals surface area contributed by atoms with Crippen LogP contribution in [0.3, 0.4) is 0 Å². The van der Waals surface area contributed by atoms with Gasteiger partial charge in [-0.25, -0.2) is 0 Å². The molecule has 3 aromatic heterocycles. The summed E-state index contributed by atoms with van der Waals surface area (Å²) in [6.45, 7) is 0. The van der Waals surface area contributed by atoms with E-state index in [2.05, 4.69) is 76.1 Å². The third-order valence-electron chi connectivity index (χ3n) is 7.03. The summed E-state index contributed by atoms with van der Waals surface area (Å²) in [7, 11) is 0. The Morgan fingerprint density at radius 1 is 0.641 bits per heavy atom. The van der Waals surface area contributed by atoms with Gasteiger partial charge >= 0.3 is 21.1 Å². The van der Waals surface area contributed by atoms with Crippen molar-refractivity contribution in [2.45, 2.75) is 0 Å². The maximum absolute atomic E-state index is 6.30. The molecule has 8 aromatic rings. The number of ether oxygens (including phenoxy) is 1. The first-order chi connectivity index (χ1) is 18.8. The zero-order chi connectivity index (χ0) is 25.1. The largest absolute Gasteiger partial charge is 2.00 e. The van der Waals surface area contributed by atoms with Crippen molar-refractivity contribution in [3.63, 3.8) is 0 Å². The molecule has 0 unspecified atom stereocenters. The van der Waals surface area contributed by atoms with Gasteiger partial charge in [0.05, 0.1) is 16.7 Å². The first kappa shape index (κ1) is 23.6. The summed E-state index contributed by atoms with van der Waals surface area (Å²) in [6, 6.07) is 43.8. The average molecular weight is 681 g/mol. The molecule has 0 fully saturated rings. The van der Waals surface area contributed by atoms with E-state index in [1.165, 1.54) is 0 Å². The van der Waals surface area contributed by atoms with Crippen LogP contribution in [0.5, 0.6) is 11.5 Å². The first-order valence-electron chi connectivity index (χ1n) is 12.5.